The SMILES string of the molecule is CCc1cc(C)[nH]c(=O)c1CN1CCc2c(Cl)cc(O[C@H](C)CCO)c(Cl)c2C1=O. The minimum atomic E-state index is -0.283. The summed E-state index contributed by atoms with van der Waals surface area (Å²) in [7, 11) is 0. The number of nitrogens with zero attached hydrogens (tertiary/aromatic N) is 1. The van der Waals surface area contributed by atoms with Crippen LogP contribution >= 0.6 is 23.2 Å². The van der Waals surface area contributed by atoms with Gasteiger partial charge >= 0.3 is 0 Å². The van der Waals surface area contributed by atoms with Crippen LogP contribution in [0.2, 0.25) is 10.0 Å². The van der Waals surface area contributed by atoms with E-state index in [0.717, 1.165) is 11.3 Å². The number of hydrogen-bond donors (Lipinski definition) is 2. The molecule has 0 aliphatic carbocycles. The van der Waals surface area contributed by atoms with Gasteiger partial charge in [-0.25, -0.2) is 0 Å². The number of carbonyl (C=O) groups is 1. The van der Waals surface area contributed by atoms with E-state index in [1.165, 1.54) is 0 Å². The number of fused-ring (bicyclic) bond motifs is 1. The molecule has 1 amide bonds. The lowest BCUT2D eigenvalue weighted by Crippen LogP contribution is -2.39. The minimum absolute atomic E-state index is 0.0188. The Morgan fingerprint density at radius 3 is 2.70 bits per heavy atom. The molecule has 2 heterocycles. The van der Waals surface area contributed by atoms with Gasteiger partial charge in [-0.15, -0.1) is 0 Å². The molecule has 1 aromatic carbocycles. The maximum atomic E-state index is 13.3. The fourth-order valence-electron chi connectivity index (χ4n) is 3.77. The molecule has 0 unspecified atom stereocenters. The zero-order valence-electron chi connectivity index (χ0n) is 17.3. The van der Waals surface area contributed by atoms with Gasteiger partial charge < -0.3 is 19.7 Å². The first-order chi connectivity index (χ1) is 14.3. The third kappa shape index (κ3) is 4.51. The molecular formula is C22H26Cl2N2O4. The molecule has 2 aromatic rings. The van der Waals surface area contributed by atoms with Crippen LogP contribution in [0, 0.1) is 6.92 Å². The molecule has 1 aliphatic rings. The van der Waals surface area contributed by atoms with Crippen LogP contribution < -0.4 is 10.3 Å². The second-order valence-corrected chi connectivity index (χ2v) is 8.37. The number of aromatic amines is 1. The van der Waals surface area contributed by atoms with Gasteiger partial charge in [0.1, 0.15) is 5.75 Å². The van der Waals surface area contributed by atoms with E-state index in [-0.39, 0.29) is 35.7 Å². The average Bonchev–Trinajstić information content (AvgIpc) is 2.68. The second kappa shape index (κ2) is 9.41. The van der Waals surface area contributed by atoms with Crippen LogP contribution in [-0.4, -0.2) is 40.2 Å². The van der Waals surface area contributed by atoms with Crippen molar-refractivity contribution < 1.29 is 14.6 Å². The number of aliphatic hydroxyl groups is 1. The lowest BCUT2D eigenvalue weighted by Gasteiger charge is -2.31. The highest BCUT2D eigenvalue weighted by Crippen LogP contribution is 2.39. The van der Waals surface area contributed by atoms with Gasteiger partial charge in [0, 0.05) is 41.9 Å². The van der Waals surface area contributed by atoms with Crippen LogP contribution in [0.1, 0.15) is 53.0 Å². The fraction of sp³-hybridized carbons (Fsp3) is 0.455. The Kier molecular flexibility index (Phi) is 7.11. The molecule has 0 bridgehead atoms. The van der Waals surface area contributed by atoms with Gasteiger partial charge in [-0.05, 0) is 43.9 Å². The molecule has 3 rings (SSSR count). The molecular weight excluding hydrogens is 427 g/mol. The summed E-state index contributed by atoms with van der Waals surface area (Å²) in [6, 6.07) is 3.57. The standard InChI is InChI=1S/C22H26Cl2N2O4/c1-4-14-9-12(2)25-21(28)16(14)11-26-7-5-15-17(23)10-18(30-13(3)6-8-27)20(24)19(15)22(26)29/h9-10,13,27H,4-8,11H2,1-3H3,(H,25,28)/t13-/m1/s1. The van der Waals surface area contributed by atoms with Gasteiger partial charge in [0.2, 0.25) is 0 Å². The van der Waals surface area contributed by atoms with E-state index < -0.39 is 0 Å². The van der Waals surface area contributed by atoms with E-state index in [4.69, 9.17) is 33.0 Å². The van der Waals surface area contributed by atoms with E-state index in [0.29, 0.717) is 53.3 Å². The number of rotatable bonds is 7. The Labute approximate surface area is 185 Å². The third-order valence-corrected chi connectivity index (χ3v) is 6.09. The molecule has 6 nitrogen and oxygen atoms in total. The van der Waals surface area contributed by atoms with Crippen molar-refractivity contribution in [1.82, 2.24) is 9.88 Å². The third-order valence-electron chi connectivity index (χ3n) is 5.37. The van der Waals surface area contributed by atoms with Gasteiger partial charge in [0.05, 0.1) is 23.2 Å². The van der Waals surface area contributed by atoms with Crippen molar-refractivity contribution in [2.75, 3.05) is 13.2 Å². The predicted octanol–water partition coefficient (Wildman–Crippen LogP) is 3.90. The summed E-state index contributed by atoms with van der Waals surface area (Å²) in [5, 5.41) is 9.74. The molecule has 0 fully saturated rings. The first kappa shape index (κ1) is 22.7. The van der Waals surface area contributed by atoms with Gasteiger partial charge in [0.25, 0.3) is 11.5 Å². The molecule has 1 aromatic heterocycles. The summed E-state index contributed by atoms with van der Waals surface area (Å²) in [5.74, 6) is 0.0458. The highest BCUT2D eigenvalue weighted by Gasteiger charge is 2.31. The Bertz CT molecular complexity index is 1020. The highest BCUT2D eigenvalue weighted by atomic mass is 35.5. The first-order valence-electron chi connectivity index (χ1n) is 10.1. The van der Waals surface area contributed by atoms with Crippen molar-refractivity contribution >= 4 is 29.1 Å². The topological polar surface area (TPSA) is 82.6 Å². The molecule has 162 valence electrons. The van der Waals surface area contributed by atoms with Crippen LogP contribution in [0.15, 0.2) is 16.9 Å². The molecule has 0 saturated heterocycles. The number of pyridine rings is 1. The van der Waals surface area contributed by atoms with Gasteiger partial charge in [-0.3, -0.25) is 9.59 Å². The van der Waals surface area contributed by atoms with Crippen molar-refractivity contribution in [3.8, 4) is 5.75 Å². The first-order valence-corrected chi connectivity index (χ1v) is 10.8. The van der Waals surface area contributed by atoms with Crippen molar-refractivity contribution in [2.24, 2.45) is 0 Å². The summed E-state index contributed by atoms with van der Waals surface area (Å²) in [4.78, 5) is 30.3. The fourth-order valence-corrected chi connectivity index (χ4v) is 4.36. The number of ether oxygens (including phenoxy) is 1. The van der Waals surface area contributed by atoms with Gasteiger partial charge in [-0.2, -0.15) is 0 Å². The normalized spacial score (nSPS) is 14.6. The minimum Gasteiger partial charge on any atom is -0.489 e. The Balaban J connectivity index is 1.95. The molecule has 0 radical (unpaired) electrons. The lowest BCUT2D eigenvalue weighted by atomic mass is 9.97. The average molecular weight is 453 g/mol. The van der Waals surface area contributed by atoms with Crippen LogP contribution in [0.5, 0.6) is 5.75 Å². The summed E-state index contributed by atoms with van der Waals surface area (Å²) in [6.07, 6.45) is 1.39. The maximum Gasteiger partial charge on any atom is 0.256 e. The van der Waals surface area contributed by atoms with E-state index >= 15 is 0 Å². The molecule has 1 aliphatic heterocycles. The van der Waals surface area contributed by atoms with Crippen LogP contribution in [0.4, 0.5) is 0 Å². The van der Waals surface area contributed by atoms with Crippen LogP contribution in [0.25, 0.3) is 0 Å². The molecule has 30 heavy (non-hydrogen) atoms. The van der Waals surface area contributed by atoms with E-state index in [9.17, 15) is 9.59 Å². The zero-order valence-corrected chi connectivity index (χ0v) is 18.9. The van der Waals surface area contributed by atoms with Gasteiger partial charge in [0.15, 0.2) is 0 Å². The molecule has 1 atom stereocenters. The number of aromatic nitrogens is 1. The van der Waals surface area contributed by atoms with Crippen LogP contribution in [-0.2, 0) is 19.4 Å². The molecule has 0 spiro atoms. The number of aliphatic hydroxyl groups excluding tert-OH is 1. The maximum absolute atomic E-state index is 13.3. The largest absolute Gasteiger partial charge is 0.489 e. The number of hydrogen-bond acceptors (Lipinski definition) is 4. The number of carbonyl (C=O) groups excluding carboxylic acids is 1. The predicted molar refractivity (Wildman–Crippen MR) is 118 cm³/mol. The quantitative estimate of drug-likeness (QED) is 0.666. The summed E-state index contributed by atoms with van der Waals surface area (Å²) < 4.78 is 5.80. The monoisotopic (exact) mass is 452 g/mol. The molecule has 2 N–H and O–H groups in total. The smallest absolute Gasteiger partial charge is 0.256 e. The van der Waals surface area contributed by atoms with E-state index in [1.807, 2.05) is 26.8 Å². The molecule has 8 heteroatoms. The van der Waals surface area contributed by atoms with Crippen molar-refractivity contribution in [3.63, 3.8) is 0 Å². The Morgan fingerprint density at radius 2 is 2.03 bits per heavy atom. The highest BCUT2D eigenvalue weighted by molar-refractivity contribution is 6.38. The number of nitrogens with one attached hydrogen (secondary N) is 1. The summed E-state index contributed by atoms with van der Waals surface area (Å²) in [6.45, 7) is 6.27. The van der Waals surface area contributed by atoms with Crippen molar-refractivity contribution in [3.05, 3.63) is 60.5 Å². The van der Waals surface area contributed by atoms with Crippen molar-refractivity contribution in [1.29, 1.82) is 0 Å². The number of H-pyrrole nitrogens is 1. The lowest BCUT2D eigenvalue weighted by molar-refractivity contribution is 0.0725. The number of halogens is 2. The number of benzene rings is 1. The van der Waals surface area contributed by atoms with E-state index in [1.54, 1.807) is 11.0 Å². The van der Waals surface area contributed by atoms with Crippen LogP contribution in [0.3, 0.4) is 0 Å². The second-order valence-electron chi connectivity index (χ2n) is 7.58. The Hall–Kier alpha value is -2.02. The Morgan fingerprint density at radius 1 is 1.30 bits per heavy atom. The summed E-state index contributed by atoms with van der Waals surface area (Å²) >= 11 is 13.0. The van der Waals surface area contributed by atoms with Crippen molar-refractivity contribution in [2.45, 2.75) is 52.7 Å². The zero-order chi connectivity index (χ0) is 22.0. The number of amides is 1. The summed E-state index contributed by atoms with van der Waals surface area (Å²) in [5.41, 5.74) is 3.15. The van der Waals surface area contributed by atoms with Gasteiger partial charge in [-0.1, -0.05) is 30.1 Å². The van der Waals surface area contributed by atoms with E-state index in [2.05, 4.69) is 4.98 Å². The number of aryl methyl sites for hydroxylation is 2. The molecule has 0 saturated carbocycles.